The monoisotopic (exact) mass is 306 g/mol. The molecule has 0 saturated carbocycles. The van der Waals surface area contributed by atoms with Gasteiger partial charge >= 0.3 is 12.0 Å². The number of hydrogen-bond donors (Lipinski definition) is 2. The first-order valence-corrected chi connectivity index (χ1v) is 7.91. The van der Waals surface area contributed by atoms with Crippen molar-refractivity contribution in [2.45, 2.75) is 45.4 Å². The van der Waals surface area contributed by atoms with Crippen molar-refractivity contribution in [1.82, 2.24) is 5.32 Å². The predicted octanol–water partition coefficient (Wildman–Crippen LogP) is 3.96. The number of unbranched alkanes of at least 4 members (excludes halogenated alkanes) is 5. The van der Waals surface area contributed by atoms with Gasteiger partial charge in [0, 0.05) is 6.54 Å². The highest BCUT2D eigenvalue weighted by atomic mass is 16.5. The molecule has 0 fully saturated rings. The number of urea groups is 1. The molecular formula is C17H26N2O3. The molecule has 0 aliphatic rings. The number of anilines is 1. The van der Waals surface area contributed by atoms with E-state index in [1.165, 1.54) is 32.8 Å². The summed E-state index contributed by atoms with van der Waals surface area (Å²) in [5.41, 5.74) is 0.800. The average Bonchev–Trinajstić information content (AvgIpc) is 2.54. The molecule has 5 nitrogen and oxygen atoms in total. The summed E-state index contributed by atoms with van der Waals surface area (Å²) < 4.78 is 4.69. The number of carbonyl (C=O) groups is 2. The molecule has 0 unspecified atom stereocenters. The fourth-order valence-corrected chi connectivity index (χ4v) is 2.15. The van der Waals surface area contributed by atoms with Gasteiger partial charge in [-0.1, -0.05) is 51.2 Å². The lowest BCUT2D eigenvalue weighted by molar-refractivity contribution is 0.0602. The molecule has 0 heterocycles. The number of carbonyl (C=O) groups excluding carboxylic acids is 2. The van der Waals surface area contributed by atoms with Gasteiger partial charge in [0.15, 0.2) is 0 Å². The topological polar surface area (TPSA) is 67.4 Å². The summed E-state index contributed by atoms with van der Waals surface area (Å²) in [7, 11) is 1.32. The van der Waals surface area contributed by atoms with Crippen LogP contribution in [0.5, 0.6) is 0 Å². The number of rotatable bonds is 9. The Bertz CT molecular complexity index is 475. The van der Waals surface area contributed by atoms with Crippen molar-refractivity contribution >= 4 is 17.7 Å². The molecule has 1 rings (SSSR count). The molecule has 0 aromatic heterocycles. The third kappa shape index (κ3) is 6.61. The molecule has 0 atom stereocenters. The second kappa shape index (κ2) is 10.7. The molecule has 122 valence electrons. The number of para-hydroxylation sites is 1. The molecule has 5 heteroatoms. The predicted molar refractivity (Wildman–Crippen MR) is 88.2 cm³/mol. The molecule has 22 heavy (non-hydrogen) atoms. The molecule has 1 aromatic rings. The Balaban J connectivity index is 2.32. The van der Waals surface area contributed by atoms with Gasteiger partial charge in [0.25, 0.3) is 0 Å². The van der Waals surface area contributed by atoms with Gasteiger partial charge in [-0.05, 0) is 18.6 Å². The van der Waals surface area contributed by atoms with Gasteiger partial charge in [0.05, 0.1) is 18.4 Å². The molecule has 0 spiro atoms. The van der Waals surface area contributed by atoms with Crippen LogP contribution in [0.1, 0.15) is 55.8 Å². The summed E-state index contributed by atoms with van der Waals surface area (Å²) in [5.74, 6) is -0.466. The molecule has 2 amide bonds. The first-order valence-electron chi connectivity index (χ1n) is 7.91. The van der Waals surface area contributed by atoms with Crippen LogP contribution < -0.4 is 10.6 Å². The number of esters is 1. The summed E-state index contributed by atoms with van der Waals surface area (Å²) in [6.07, 6.45) is 7.07. The minimum atomic E-state index is -0.466. The highest BCUT2D eigenvalue weighted by Gasteiger charge is 2.12. The van der Waals surface area contributed by atoms with Crippen molar-refractivity contribution in [2.24, 2.45) is 0 Å². The van der Waals surface area contributed by atoms with Gasteiger partial charge < -0.3 is 15.4 Å². The zero-order chi connectivity index (χ0) is 16.2. The van der Waals surface area contributed by atoms with E-state index in [9.17, 15) is 9.59 Å². The summed E-state index contributed by atoms with van der Waals surface area (Å²) in [4.78, 5) is 23.4. The standard InChI is InChI=1S/C17H26N2O3/c1-3-4-5-6-7-10-13-18-17(21)19-15-12-9-8-11-14(15)16(20)22-2/h8-9,11-12H,3-7,10,13H2,1-2H3,(H2,18,19,21). The van der Waals surface area contributed by atoms with E-state index in [0.717, 1.165) is 12.8 Å². The summed E-state index contributed by atoms with van der Waals surface area (Å²) >= 11 is 0. The Labute approximate surface area is 132 Å². The number of benzene rings is 1. The van der Waals surface area contributed by atoms with Crippen molar-refractivity contribution < 1.29 is 14.3 Å². The SMILES string of the molecule is CCCCCCCCNC(=O)Nc1ccccc1C(=O)OC. The van der Waals surface area contributed by atoms with Crippen molar-refractivity contribution in [2.75, 3.05) is 19.0 Å². The molecule has 1 aromatic carbocycles. The van der Waals surface area contributed by atoms with Crippen molar-refractivity contribution in [3.63, 3.8) is 0 Å². The zero-order valence-corrected chi connectivity index (χ0v) is 13.5. The van der Waals surface area contributed by atoms with E-state index in [-0.39, 0.29) is 6.03 Å². The van der Waals surface area contributed by atoms with E-state index >= 15 is 0 Å². The van der Waals surface area contributed by atoms with Gasteiger partial charge in [-0.25, -0.2) is 9.59 Å². The maximum absolute atomic E-state index is 11.8. The molecule has 0 aliphatic carbocycles. The van der Waals surface area contributed by atoms with Crippen LogP contribution >= 0.6 is 0 Å². The van der Waals surface area contributed by atoms with E-state index in [2.05, 4.69) is 17.6 Å². The van der Waals surface area contributed by atoms with Crippen LogP contribution in [0.15, 0.2) is 24.3 Å². The van der Waals surface area contributed by atoms with Crippen molar-refractivity contribution in [1.29, 1.82) is 0 Å². The first kappa shape index (κ1) is 18.0. The van der Waals surface area contributed by atoms with Crippen LogP contribution in [0.2, 0.25) is 0 Å². The average molecular weight is 306 g/mol. The second-order valence-electron chi connectivity index (χ2n) is 5.19. The molecule has 2 N–H and O–H groups in total. The Morgan fingerprint density at radius 3 is 2.45 bits per heavy atom. The van der Waals surface area contributed by atoms with Crippen molar-refractivity contribution in [3.05, 3.63) is 29.8 Å². The highest BCUT2D eigenvalue weighted by molar-refractivity contribution is 6.00. The van der Waals surface area contributed by atoms with E-state index in [4.69, 9.17) is 4.74 Å². The number of ether oxygens (including phenoxy) is 1. The Hall–Kier alpha value is -2.04. The van der Waals surface area contributed by atoms with Gasteiger partial charge in [0.2, 0.25) is 0 Å². The third-order valence-corrected chi connectivity index (χ3v) is 3.40. The van der Waals surface area contributed by atoms with Crippen LogP contribution in [0.25, 0.3) is 0 Å². The summed E-state index contributed by atoms with van der Waals surface area (Å²) in [6.45, 7) is 2.83. The molecule has 0 bridgehead atoms. The Morgan fingerprint density at radius 2 is 1.73 bits per heavy atom. The van der Waals surface area contributed by atoms with E-state index < -0.39 is 5.97 Å². The Kier molecular flexibility index (Phi) is 8.72. The number of amides is 2. The Morgan fingerprint density at radius 1 is 1.05 bits per heavy atom. The van der Waals surface area contributed by atoms with Crippen LogP contribution in [0, 0.1) is 0 Å². The summed E-state index contributed by atoms with van der Waals surface area (Å²) in [6, 6.07) is 6.48. The second-order valence-corrected chi connectivity index (χ2v) is 5.19. The van der Waals surface area contributed by atoms with E-state index in [1.807, 2.05) is 0 Å². The largest absolute Gasteiger partial charge is 0.465 e. The lowest BCUT2D eigenvalue weighted by Gasteiger charge is -2.10. The maximum atomic E-state index is 11.8. The van der Waals surface area contributed by atoms with Gasteiger partial charge in [0.1, 0.15) is 0 Å². The van der Waals surface area contributed by atoms with Crippen LogP contribution in [0.3, 0.4) is 0 Å². The lowest BCUT2D eigenvalue weighted by Crippen LogP contribution is -2.30. The number of hydrogen-bond acceptors (Lipinski definition) is 3. The quantitative estimate of drug-likeness (QED) is 0.536. The minimum absolute atomic E-state index is 0.301. The first-order chi connectivity index (χ1) is 10.7. The van der Waals surface area contributed by atoms with Gasteiger partial charge in [-0.15, -0.1) is 0 Å². The van der Waals surface area contributed by atoms with Crippen LogP contribution in [-0.4, -0.2) is 25.7 Å². The molecular weight excluding hydrogens is 280 g/mol. The van der Waals surface area contributed by atoms with Gasteiger partial charge in [-0.2, -0.15) is 0 Å². The van der Waals surface area contributed by atoms with E-state index in [0.29, 0.717) is 17.8 Å². The maximum Gasteiger partial charge on any atom is 0.339 e. The van der Waals surface area contributed by atoms with Crippen molar-refractivity contribution in [3.8, 4) is 0 Å². The lowest BCUT2D eigenvalue weighted by atomic mass is 10.1. The van der Waals surface area contributed by atoms with Gasteiger partial charge in [-0.3, -0.25) is 0 Å². The number of nitrogens with one attached hydrogen (secondary N) is 2. The molecule has 0 saturated heterocycles. The molecule has 0 radical (unpaired) electrons. The highest BCUT2D eigenvalue weighted by Crippen LogP contribution is 2.15. The number of methoxy groups -OCH3 is 1. The zero-order valence-electron chi connectivity index (χ0n) is 13.5. The van der Waals surface area contributed by atoms with E-state index in [1.54, 1.807) is 24.3 Å². The fraction of sp³-hybridized carbons (Fsp3) is 0.529. The summed E-state index contributed by atoms with van der Waals surface area (Å²) in [5, 5.41) is 5.49. The minimum Gasteiger partial charge on any atom is -0.465 e. The smallest absolute Gasteiger partial charge is 0.339 e. The third-order valence-electron chi connectivity index (χ3n) is 3.40. The van der Waals surface area contributed by atoms with Crippen LogP contribution in [0.4, 0.5) is 10.5 Å². The van der Waals surface area contributed by atoms with Crippen LogP contribution in [-0.2, 0) is 4.74 Å². The normalized spacial score (nSPS) is 10.1. The molecule has 0 aliphatic heterocycles. The fourth-order valence-electron chi connectivity index (χ4n) is 2.15.